The van der Waals surface area contributed by atoms with Crippen molar-refractivity contribution < 1.29 is 9.13 Å². The lowest BCUT2D eigenvalue weighted by molar-refractivity contribution is 0.335. The summed E-state index contributed by atoms with van der Waals surface area (Å²) in [6.45, 7) is 5.97. The molecular weight excluding hydrogens is 351 g/mol. The van der Waals surface area contributed by atoms with Crippen LogP contribution in [0.4, 0.5) is 10.1 Å². The van der Waals surface area contributed by atoms with Gasteiger partial charge in [0.05, 0.1) is 18.0 Å². The van der Waals surface area contributed by atoms with Gasteiger partial charge in [0.25, 0.3) is 0 Å². The van der Waals surface area contributed by atoms with Crippen LogP contribution in [0.15, 0.2) is 16.6 Å². The van der Waals surface area contributed by atoms with Crippen molar-refractivity contribution in [2.45, 2.75) is 26.7 Å². The third-order valence-corrected chi connectivity index (χ3v) is 3.57. The number of nitrogen functional groups attached to an aromatic ring is 1. The molecule has 0 aliphatic rings. The molecule has 0 bridgehead atoms. The Morgan fingerprint density at radius 3 is 2.73 bits per heavy atom. The molecule has 2 rings (SSSR count). The number of halogens is 2. The lowest BCUT2D eigenvalue weighted by Crippen LogP contribution is -2.07. The average Bonchev–Trinajstić information content (AvgIpc) is 2.75. The fourth-order valence-corrected chi connectivity index (χ4v) is 2.57. The van der Waals surface area contributed by atoms with Crippen molar-refractivity contribution in [3.05, 3.63) is 33.8 Å². The van der Waals surface area contributed by atoms with Crippen molar-refractivity contribution in [1.82, 2.24) is 9.78 Å². The average molecular weight is 367 g/mol. The minimum atomic E-state index is -0.549. The predicted octanol–water partition coefficient (Wildman–Crippen LogP) is 3.75. The Bertz CT molecular complexity index is 749. The molecule has 1 heterocycles. The minimum absolute atomic E-state index is 0.0161. The van der Waals surface area contributed by atoms with Crippen molar-refractivity contribution in [2.75, 3.05) is 12.3 Å². The summed E-state index contributed by atoms with van der Waals surface area (Å²) in [5.41, 5.74) is 6.99. The van der Waals surface area contributed by atoms with Crippen molar-refractivity contribution in [3.8, 4) is 17.5 Å². The third-order valence-electron chi connectivity index (χ3n) is 3.11. The molecule has 0 unspecified atom stereocenters. The maximum atomic E-state index is 14.5. The van der Waals surface area contributed by atoms with E-state index in [1.807, 2.05) is 19.9 Å². The molecule has 7 heteroatoms. The lowest BCUT2D eigenvalue weighted by Gasteiger charge is -2.12. The molecule has 0 saturated heterocycles. The van der Waals surface area contributed by atoms with E-state index in [-0.39, 0.29) is 23.0 Å². The Labute approximate surface area is 136 Å². The van der Waals surface area contributed by atoms with Gasteiger partial charge in [0.15, 0.2) is 11.5 Å². The summed E-state index contributed by atoms with van der Waals surface area (Å²) < 4.78 is 21.7. The van der Waals surface area contributed by atoms with Crippen LogP contribution >= 0.6 is 15.9 Å². The van der Waals surface area contributed by atoms with Gasteiger partial charge in [-0.25, -0.2) is 9.07 Å². The van der Waals surface area contributed by atoms with Crippen LogP contribution in [-0.4, -0.2) is 16.4 Å². The SMILES string of the molecule is CCOc1cc(Br)cc(F)c1-n1nc(C(C)C)c(N)c1C#N. The first-order chi connectivity index (χ1) is 10.4. The fraction of sp³-hybridized carbons (Fsp3) is 0.333. The van der Waals surface area contributed by atoms with E-state index < -0.39 is 5.82 Å². The highest BCUT2D eigenvalue weighted by Gasteiger charge is 2.23. The van der Waals surface area contributed by atoms with Crippen molar-refractivity contribution in [2.24, 2.45) is 0 Å². The van der Waals surface area contributed by atoms with Crippen LogP contribution in [-0.2, 0) is 0 Å². The molecule has 0 aliphatic heterocycles. The zero-order chi connectivity index (χ0) is 16.4. The molecule has 0 aliphatic carbocycles. The molecule has 22 heavy (non-hydrogen) atoms. The Balaban J connectivity index is 2.77. The molecule has 5 nitrogen and oxygen atoms in total. The predicted molar refractivity (Wildman–Crippen MR) is 85.6 cm³/mol. The molecular formula is C15H16BrFN4O. The van der Waals surface area contributed by atoms with E-state index in [9.17, 15) is 9.65 Å². The van der Waals surface area contributed by atoms with Crippen LogP contribution in [0.3, 0.4) is 0 Å². The van der Waals surface area contributed by atoms with E-state index in [2.05, 4.69) is 21.0 Å². The normalized spacial score (nSPS) is 10.8. The molecule has 0 atom stereocenters. The summed E-state index contributed by atoms with van der Waals surface area (Å²) in [6, 6.07) is 4.92. The van der Waals surface area contributed by atoms with E-state index in [0.717, 1.165) is 0 Å². The van der Waals surface area contributed by atoms with Crippen LogP contribution in [0.2, 0.25) is 0 Å². The number of aromatic nitrogens is 2. The molecule has 0 amide bonds. The maximum absolute atomic E-state index is 14.5. The number of nitriles is 1. The van der Waals surface area contributed by atoms with Gasteiger partial charge in [0.2, 0.25) is 0 Å². The van der Waals surface area contributed by atoms with Gasteiger partial charge in [-0.2, -0.15) is 10.4 Å². The van der Waals surface area contributed by atoms with Gasteiger partial charge in [-0.3, -0.25) is 0 Å². The van der Waals surface area contributed by atoms with Crippen LogP contribution < -0.4 is 10.5 Å². The smallest absolute Gasteiger partial charge is 0.167 e. The second kappa shape index (κ2) is 6.36. The largest absolute Gasteiger partial charge is 0.491 e. The molecule has 2 N–H and O–H groups in total. The highest BCUT2D eigenvalue weighted by Crippen LogP contribution is 2.34. The first-order valence-electron chi connectivity index (χ1n) is 6.81. The van der Waals surface area contributed by atoms with Crippen molar-refractivity contribution in [1.29, 1.82) is 5.26 Å². The molecule has 0 saturated carbocycles. The number of nitrogens with zero attached hydrogens (tertiary/aromatic N) is 3. The highest BCUT2D eigenvalue weighted by molar-refractivity contribution is 9.10. The Morgan fingerprint density at radius 1 is 1.50 bits per heavy atom. The second-order valence-corrected chi connectivity index (χ2v) is 5.91. The lowest BCUT2D eigenvalue weighted by atomic mass is 10.1. The molecule has 0 fully saturated rings. The summed E-state index contributed by atoms with van der Waals surface area (Å²) in [5, 5.41) is 13.7. The van der Waals surface area contributed by atoms with Crippen LogP contribution in [0, 0.1) is 17.1 Å². The number of anilines is 1. The molecule has 1 aromatic carbocycles. The summed E-state index contributed by atoms with van der Waals surface area (Å²) in [6.07, 6.45) is 0. The number of nitrogens with two attached hydrogens (primary N) is 1. The second-order valence-electron chi connectivity index (χ2n) is 4.99. The van der Waals surface area contributed by atoms with Gasteiger partial charge >= 0.3 is 0 Å². The van der Waals surface area contributed by atoms with E-state index >= 15 is 0 Å². The number of hydrogen-bond donors (Lipinski definition) is 1. The summed E-state index contributed by atoms with van der Waals surface area (Å²) >= 11 is 3.23. The summed E-state index contributed by atoms with van der Waals surface area (Å²) in [4.78, 5) is 0. The Hall–Kier alpha value is -2.07. The zero-order valence-corrected chi connectivity index (χ0v) is 14.1. The Morgan fingerprint density at radius 2 is 2.18 bits per heavy atom. The minimum Gasteiger partial charge on any atom is -0.491 e. The van der Waals surface area contributed by atoms with Gasteiger partial charge in [-0.1, -0.05) is 29.8 Å². The monoisotopic (exact) mass is 366 g/mol. The number of benzene rings is 1. The third kappa shape index (κ3) is 2.79. The van der Waals surface area contributed by atoms with Crippen LogP contribution in [0.25, 0.3) is 5.69 Å². The first kappa shape index (κ1) is 16.3. The van der Waals surface area contributed by atoms with E-state index in [1.54, 1.807) is 13.0 Å². The first-order valence-corrected chi connectivity index (χ1v) is 7.60. The number of ether oxygens (including phenoxy) is 1. The van der Waals surface area contributed by atoms with Crippen LogP contribution in [0.1, 0.15) is 38.1 Å². The van der Waals surface area contributed by atoms with Crippen LogP contribution in [0.5, 0.6) is 5.75 Å². The van der Waals surface area contributed by atoms with Crippen molar-refractivity contribution >= 4 is 21.6 Å². The fourth-order valence-electron chi connectivity index (χ4n) is 2.16. The Kier molecular flexibility index (Phi) is 4.71. The van der Waals surface area contributed by atoms with Gasteiger partial charge in [0.1, 0.15) is 17.5 Å². The van der Waals surface area contributed by atoms with Gasteiger partial charge in [-0.05, 0) is 25.0 Å². The quantitative estimate of drug-likeness (QED) is 0.893. The van der Waals surface area contributed by atoms with E-state index in [4.69, 9.17) is 10.5 Å². The summed E-state index contributed by atoms with van der Waals surface area (Å²) in [5.74, 6) is -0.238. The summed E-state index contributed by atoms with van der Waals surface area (Å²) in [7, 11) is 0. The van der Waals surface area contributed by atoms with Crippen molar-refractivity contribution in [3.63, 3.8) is 0 Å². The molecule has 0 spiro atoms. The van der Waals surface area contributed by atoms with Gasteiger partial charge in [0, 0.05) is 4.47 Å². The zero-order valence-electron chi connectivity index (χ0n) is 12.5. The van der Waals surface area contributed by atoms with Gasteiger partial charge < -0.3 is 10.5 Å². The molecule has 2 aromatic rings. The maximum Gasteiger partial charge on any atom is 0.167 e. The topological polar surface area (TPSA) is 76.9 Å². The number of hydrogen-bond acceptors (Lipinski definition) is 4. The molecule has 0 radical (unpaired) electrons. The van der Waals surface area contributed by atoms with Gasteiger partial charge in [-0.15, -0.1) is 0 Å². The van der Waals surface area contributed by atoms with E-state index in [0.29, 0.717) is 22.5 Å². The standard InChI is InChI=1S/C15H16BrFN4O/c1-4-22-12-6-9(16)5-10(17)15(12)21-11(7-18)13(19)14(20-21)8(2)3/h5-6,8H,4,19H2,1-3H3. The van der Waals surface area contributed by atoms with E-state index in [1.165, 1.54) is 10.7 Å². The highest BCUT2D eigenvalue weighted by atomic mass is 79.9. The number of rotatable bonds is 4. The molecule has 1 aromatic heterocycles. The molecule has 116 valence electrons.